The molecule has 0 bridgehead atoms. The third-order valence-electron chi connectivity index (χ3n) is 3.55. The highest BCUT2D eigenvalue weighted by molar-refractivity contribution is 5.91. The van der Waals surface area contributed by atoms with Crippen molar-refractivity contribution in [2.75, 3.05) is 6.54 Å². The number of nitrogens with zero attached hydrogens (tertiary/aromatic N) is 2. The number of hydrogen-bond acceptors (Lipinski definition) is 2. The van der Waals surface area contributed by atoms with Crippen molar-refractivity contribution >= 4 is 12.0 Å². The monoisotopic (exact) mass is 264 g/mol. The molecule has 0 spiro atoms. The predicted octanol–water partition coefficient (Wildman–Crippen LogP) is 2.68. The molecule has 100 valence electrons. The van der Waals surface area contributed by atoms with Crippen LogP contribution in [0.25, 0.3) is 6.08 Å². The molecule has 2 heterocycles. The SMILES string of the molecule is O=C(C=Cc1cccnc1)N1CCc2ccccc2C1. The highest BCUT2D eigenvalue weighted by Gasteiger charge is 2.18. The van der Waals surface area contributed by atoms with Gasteiger partial charge < -0.3 is 4.90 Å². The fourth-order valence-electron chi connectivity index (χ4n) is 2.43. The Morgan fingerprint density at radius 2 is 2.00 bits per heavy atom. The Labute approximate surface area is 118 Å². The highest BCUT2D eigenvalue weighted by Crippen LogP contribution is 2.18. The lowest BCUT2D eigenvalue weighted by atomic mass is 10.00. The third kappa shape index (κ3) is 2.77. The van der Waals surface area contributed by atoms with Crippen LogP contribution in [-0.4, -0.2) is 22.3 Å². The van der Waals surface area contributed by atoms with Crippen molar-refractivity contribution in [3.63, 3.8) is 0 Å². The molecule has 0 N–H and O–H groups in total. The molecule has 0 saturated heterocycles. The van der Waals surface area contributed by atoms with E-state index in [1.165, 1.54) is 11.1 Å². The van der Waals surface area contributed by atoms with Gasteiger partial charge in [-0.25, -0.2) is 0 Å². The van der Waals surface area contributed by atoms with Crippen LogP contribution < -0.4 is 0 Å². The van der Waals surface area contributed by atoms with Crippen molar-refractivity contribution in [3.05, 3.63) is 71.6 Å². The highest BCUT2D eigenvalue weighted by atomic mass is 16.2. The van der Waals surface area contributed by atoms with E-state index in [4.69, 9.17) is 0 Å². The summed E-state index contributed by atoms with van der Waals surface area (Å²) in [6, 6.07) is 12.1. The van der Waals surface area contributed by atoms with Gasteiger partial charge in [-0.15, -0.1) is 0 Å². The first-order valence-corrected chi connectivity index (χ1v) is 6.77. The number of benzene rings is 1. The maximum Gasteiger partial charge on any atom is 0.246 e. The molecule has 1 aliphatic rings. The first-order valence-electron chi connectivity index (χ1n) is 6.77. The number of aromatic nitrogens is 1. The van der Waals surface area contributed by atoms with Gasteiger partial charge in [0.05, 0.1) is 0 Å². The molecule has 0 unspecified atom stereocenters. The summed E-state index contributed by atoms with van der Waals surface area (Å²) in [6.45, 7) is 1.49. The molecule has 0 saturated carbocycles. The zero-order valence-corrected chi connectivity index (χ0v) is 11.2. The number of hydrogen-bond donors (Lipinski definition) is 0. The summed E-state index contributed by atoms with van der Waals surface area (Å²) in [5.41, 5.74) is 3.55. The van der Waals surface area contributed by atoms with Crippen LogP contribution in [0.15, 0.2) is 54.9 Å². The fraction of sp³-hybridized carbons (Fsp3) is 0.176. The summed E-state index contributed by atoms with van der Waals surface area (Å²) < 4.78 is 0. The number of amides is 1. The minimum Gasteiger partial charge on any atom is -0.334 e. The van der Waals surface area contributed by atoms with E-state index in [0.29, 0.717) is 6.54 Å². The van der Waals surface area contributed by atoms with Crippen LogP contribution in [-0.2, 0) is 17.8 Å². The number of fused-ring (bicyclic) bond motifs is 1. The quantitative estimate of drug-likeness (QED) is 0.781. The van der Waals surface area contributed by atoms with Gasteiger partial charge in [0.15, 0.2) is 0 Å². The van der Waals surface area contributed by atoms with Crippen LogP contribution in [0.1, 0.15) is 16.7 Å². The first kappa shape index (κ1) is 12.6. The Morgan fingerprint density at radius 3 is 2.80 bits per heavy atom. The number of carbonyl (C=O) groups is 1. The van der Waals surface area contributed by atoms with Gasteiger partial charge in [0.1, 0.15) is 0 Å². The van der Waals surface area contributed by atoms with Gasteiger partial charge in [-0.1, -0.05) is 30.3 Å². The standard InChI is InChI=1S/C17H16N2O/c20-17(8-7-14-4-3-10-18-12-14)19-11-9-15-5-1-2-6-16(15)13-19/h1-8,10,12H,9,11,13H2. The first-order chi connectivity index (χ1) is 9.83. The average molecular weight is 264 g/mol. The summed E-state index contributed by atoms with van der Waals surface area (Å²) in [5.74, 6) is 0.0587. The van der Waals surface area contributed by atoms with Gasteiger partial charge in [0.2, 0.25) is 5.91 Å². The molecular weight excluding hydrogens is 248 g/mol. The normalized spacial score (nSPS) is 14.3. The Bertz CT molecular complexity index is 634. The van der Waals surface area contributed by atoms with Gasteiger partial charge in [0, 0.05) is 31.6 Å². The van der Waals surface area contributed by atoms with Crippen LogP contribution in [0.3, 0.4) is 0 Å². The van der Waals surface area contributed by atoms with Gasteiger partial charge in [-0.2, -0.15) is 0 Å². The van der Waals surface area contributed by atoms with Gasteiger partial charge in [0.25, 0.3) is 0 Å². The van der Waals surface area contributed by atoms with Gasteiger partial charge in [-0.3, -0.25) is 9.78 Å². The molecule has 3 heteroatoms. The lowest BCUT2D eigenvalue weighted by molar-refractivity contribution is -0.126. The van der Waals surface area contributed by atoms with Gasteiger partial charge in [-0.05, 0) is 35.3 Å². The summed E-state index contributed by atoms with van der Waals surface area (Å²) in [4.78, 5) is 18.1. The minimum atomic E-state index is 0.0587. The summed E-state index contributed by atoms with van der Waals surface area (Å²) in [7, 11) is 0. The Hall–Kier alpha value is -2.42. The van der Waals surface area contributed by atoms with E-state index in [1.807, 2.05) is 29.2 Å². The van der Waals surface area contributed by atoms with Crippen LogP contribution in [0.4, 0.5) is 0 Å². The van der Waals surface area contributed by atoms with E-state index in [-0.39, 0.29) is 5.91 Å². The molecule has 2 aromatic rings. The van der Waals surface area contributed by atoms with Crippen molar-refractivity contribution < 1.29 is 4.79 Å². The third-order valence-corrected chi connectivity index (χ3v) is 3.55. The van der Waals surface area contributed by atoms with Gasteiger partial charge >= 0.3 is 0 Å². The maximum absolute atomic E-state index is 12.2. The largest absolute Gasteiger partial charge is 0.334 e. The zero-order chi connectivity index (χ0) is 13.8. The van der Waals surface area contributed by atoms with E-state index in [1.54, 1.807) is 18.5 Å². The van der Waals surface area contributed by atoms with Crippen molar-refractivity contribution in [2.24, 2.45) is 0 Å². The second-order valence-corrected chi connectivity index (χ2v) is 4.90. The molecule has 1 amide bonds. The molecule has 20 heavy (non-hydrogen) atoms. The Balaban J connectivity index is 1.69. The molecule has 3 rings (SSSR count). The zero-order valence-electron chi connectivity index (χ0n) is 11.2. The van der Waals surface area contributed by atoms with Crippen molar-refractivity contribution in [1.82, 2.24) is 9.88 Å². The minimum absolute atomic E-state index is 0.0587. The molecule has 0 atom stereocenters. The van der Waals surface area contributed by atoms with Crippen molar-refractivity contribution in [1.29, 1.82) is 0 Å². The summed E-state index contributed by atoms with van der Waals surface area (Å²) >= 11 is 0. The fourth-order valence-corrected chi connectivity index (χ4v) is 2.43. The van der Waals surface area contributed by atoms with E-state index < -0.39 is 0 Å². The van der Waals surface area contributed by atoms with E-state index in [9.17, 15) is 4.79 Å². The molecule has 1 aromatic heterocycles. The molecular formula is C17H16N2O. The predicted molar refractivity (Wildman–Crippen MR) is 78.8 cm³/mol. The molecule has 1 aromatic carbocycles. The lowest BCUT2D eigenvalue weighted by Gasteiger charge is -2.27. The topological polar surface area (TPSA) is 33.2 Å². The van der Waals surface area contributed by atoms with E-state index >= 15 is 0 Å². The number of carbonyl (C=O) groups excluding carboxylic acids is 1. The van der Waals surface area contributed by atoms with Crippen LogP contribution in [0.5, 0.6) is 0 Å². The number of rotatable bonds is 2. The second kappa shape index (κ2) is 5.70. The van der Waals surface area contributed by atoms with Crippen molar-refractivity contribution in [2.45, 2.75) is 13.0 Å². The smallest absolute Gasteiger partial charge is 0.246 e. The molecule has 0 fully saturated rings. The maximum atomic E-state index is 12.2. The summed E-state index contributed by atoms with van der Waals surface area (Å²) in [6.07, 6.45) is 7.85. The average Bonchev–Trinajstić information content (AvgIpc) is 2.53. The van der Waals surface area contributed by atoms with Crippen LogP contribution in [0, 0.1) is 0 Å². The Morgan fingerprint density at radius 1 is 1.15 bits per heavy atom. The Kier molecular flexibility index (Phi) is 3.59. The van der Waals surface area contributed by atoms with E-state index in [2.05, 4.69) is 23.2 Å². The van der Waals surface area contributed by atoms with Crippen LogP contribution >= 0.6 is 0 Å². The molecule has 0 radical (unpaired) electrons. The summed E-state index contributed by atoms with van der Waals surface area (Å²) in [5, 5.41) is 0. The van der Waals surface area contributed by atoms with E-state index in [0.717, 1.165) is 18.5 Å². The lowest BCUT2D eigenvalue weighted by Crippen LogP contribution is -2.34. The van der Waals surface area contributed by atoms with Crippen LogP contribution in [0.2, 0.25) is 0 Å². The number of pyridine rings is 1. The van der Waals surface area contributed by atoms with Crippen molar-refractivity contribution in [3.8, 4) is 0 Å². The molecule has 1 aliphatic heterocycles. The molecule has 0 aliphatic carbocycles. The second-order valence-electron chi connectivity index (χ2n) is 4.90. The molecule has 3 nitrogen and oxygen atoms in total.